The molecular formula is C33H28Cl3NO5. The second-order valence-corrected chi connectivity index (χ2v) is 11.4. The van der Waals surface area contributed by atoms with Gasteiger partial charge in [0, 0.05) is 23.7 Å². The van der Waals surface area contributed by atoms with Crippen LogP contribution in [0.5, 0.6) is 17.2 Å². The Bertz CT molecular complexity index is 1640. The van der Waals surface area contributed by atoms with Crippen molar-refractivity contribution < 1.29 is 24.2 Å². The van der Waals surface area contributed by atoms with E-state index in [0.29, 0.717) is 70.8 Å². The first-order chi connectivity index (χ1) is 20.2. The number of hydrogen-bond acceptors (Lipinski definition) is 4. The molecule has 9 heteroatoms. The molecule has 1 unspecified atom stereocenters. The van der Waals surface area contributed by atoms with Gasteiger partial charge in [0.25, 0.3) is 5.91 Å². The molecule has 0 bridgehead atoms. The number of nitrogens with one attached hydrogen (secondary N) is 1. The molecule has 0 spiro atoms. The molecule has 4 aromatic carbocycles. The van der Waals surface area contributed by atoms with Gasteiger partial charge in [0.2, 0.25) is 0 Å². The predicted octanol–water partition coefficient (Wildman–Crippen LogP) is 8.26. The van der Waals surface area contributed by atoms with Crippen LogP contribution < -0.4 is 14.8 Å². The molecule has 0 saturated carbocycles. The lowest BCUT2D eigenvalue weighted by Gasteiger charge is -2.24. The first-order valence-electron chi connectivity index (χ1n) is 13.5. The maximum atomic E-state index is 12.9. The zero-order chi connectivity index (χ0) is 29.8. The standard InChI is InChI=1S/C33H28Cl3NO5/c1-19-2-4-22(15-20-3-9-27(34)28(35)16-20)23(14-19)10-12-37-32(38)21-5-7-24(8-6-21)42-31-18-30-26(17-29(31)36)25(33(39)40)11-13-41-30/h2-9,14,16-18,25H,10-13,15H2,1H3,(H,37,38)(H,39,40). The number of aliphatic carboxylic acids is 1. The molecule has 1 amide bonds. The lowest BCUT2D eigenvalue weighted by Crippen LogP contribution is -2.25. The molecule has 0 radical (unpaired) electrons. The number of hydrogen-bond donors (Lipinski definition) is 2. The molecule has 0 fully saturated rings. The molecule has 0 aliphatic carbocycles. The van der Waals surface area contributed by atoms with Crippen LogP contribution in [0.25, 0.3) is 0 Å². The van der Waals surface area contributed by atoms with Crippen molar-refractivity contribution >= 4 is 46.7 Å². The third kappa shape index (κ3) is 7.01. The van der Waals surface area contributed by atoms with E-state index in [1.165, 1.54) is 5.56 Å². The van der Waals surface area contributed by atoms with E-state index in [4.69, 9.17) is 44.3 Å². The Hall–Kier alpha value is -3.71. The summed E-state index contributed by atoms with van der Waals surface area (Å²) in [5, 5.41) is 13.8. The van der Waals surface area contributed by atoms with Gasteiger partial charge in [0.15, 0.2) is 0 Å². The largest absolute Gasteiger partial charge is 0.493 e. The van der Waals surface area contributed by atoms with E-state index in [0.717, 1.165) is 16.7 Å². The molecule has 4 aromatic rings. The molecule has 42 heavy (non-hydrogen) atoms. The SMILES string of the molecule is Cc1ccc(Cc2ccc(Cl)c(Cl)c2)c(CCNC(=O)c2ccc(Oc3cc4c(cc3Cl)C(C(=O)O)CCO4)cc2)c1. The number of fused-ring (bicyclic) bond motifs is 1. The first-order valence-corrected chi connectivity index (χ1v) is 14.6. The summed E-state index contributed by atoms with van der Waals surface area (Å²) >= 11 is 18.7. The van der Waals surface area contributed by atoms with Crippen molar-refractivity contribution in [3.05, 3.63) is 121 Å². The monoisotopic (exact) mass is 623 g/mol. The average Bonchev–Trinajstić information content (AvgIpc) is 2.96. The fourth-order valence-corrected chi connectivity index (χ4v) is 5.50. The maximum Gasteiger partial charge on any atom is 0.311 e. The highest BCUT2D eigenvalue weighted by Gasteiger charge is 2.29. The third-order valence-corrected chi connectivity index (χ3v) is 8.20. The highest BCUT2D eigenvalue weighted by Crippen LogP contribution is 2.41. The van der Waals surface area contributed by atoms with E-state index in [1.807, 2.05) is 19.1 Å². The number of carbonyl (C=O) groups is 2. The number of benzene rings is 4. The van der Waals surface area contributed by atoms with E-state index < -0.39 is 11.9 Å². The number of carboxylic acids is 1. The zero-order valence-electron chi connectivity index (χ0n) is 22.8. The van der Waals surface area contributed by atoms with Gasteiger partial charge in [-0.15, -0.1) is 0 Å². The highest BCUT2D eigenvalue weighted by atomic mass is 35.5. The Morgan fingerprint density at radius 1 is 0.929 bits per heavy atom. The third-order valence-electron chi connectivity index (χ3n) is 7.17. The van der Waals surface area contributed by atoms with Crippen LogP contribution in [0.1, 0.15) is 50.5 Å². The van der Waals surface area contributed by atoms with Crippen LogP contribution in [0, 0.1) is 6.92 Å². The Labute approximate surface area is 259 Å². The van der Waals surface area contributed by atoms with Gasteiger partial charge in [-0.05, 0) is 85.3 Å². The fraction of sp³-hybridized carbons (Fsp3) is 0.212. The second kappa shape index (κ2) is 13.1. The Morgan fingerprint density at radius 2 is 1.71 bits per heavy atom. The highest BCUT2D eigenvalue weighted by molar-refractivity contribution is 6.42. The van der Waals surface area contributed by atoms with Crippen molar-refractivity contribution in [3.8, 4) is 17.2 Å². The molecule has 1 heterocycles. The van der Waals surface area contributed by atoms with Gasteiger partial charge in [0.1, 0.15) is 17.2 Å². The minimum atomic E-state index is -0.916. The van der Waals surface area contributed by atoms with Gasteiger partial charge in [-0.25, -0.2) is 0 Å². The fourth-order valence-electron chi connectivity index (χ4n) is 4.97. The lowest BCUT2D eigenvalue weighted by atomic mass is 9.93. The van der Waals surface area contributed by atoms with Crippen molar-refractivity contribution in [2.75, 3.05) is 13.2 Å². The minimum absolute atomic E-state index is 0.194. The van der Waals surface area contributed by atoms with Crippen molar-refractivity contribution in [1.29, 1.82) is 0 Å². The van der Waals surface area contributed by atoms with Crippen LogP contribution in [0.15, 0.2) is 72.8 Å². The quantitative estimate of drug-likeness (QED) is 0.196. The number of aryl methyl sites for hydroxylation is 1. The van der Waals surface area contributed by atoms with E-state index in [2.05, 4.69) is 23.5 Å². The van der Waals surface area contributed by atoms with Crippen molar-refractivity contribution in [2.45, 2.75) is 32.1 Å². The summed E-state index contributed by atoms with van der Waals surface area (Å²) in [6.07, 6.45) is 1.77. The van der Waals surface area contributed by atoms with Gasteiger partial charge in [0.05, 0.1) is 27.6 Å². The van der Waals surface area contributed by atoms with Crippen LogP contribution in [0.3, 0.4) is 0 Å². The van der Waals surface area contributed by atoms with Crippen LogP contribution in [0.4, 0.5) is 0 Å². The molecule has 1 aliphatic rings. The summed E-state index contributed by atoms with van der Waals surface area (Å²) in [4.78, 5) is 24.4. The van der Waals surface area contributed by atoms with Crippen LogP contribution in [-0.4, -0.2) is 30.1 Å². The summed E-state index contributed by atoms with van der Waals surface area (Å²) in [6, 6.07) is 21.9. The molecule has 0 aromatic heterocycles. The Morgan fingerprint density at radius 3 is 2.45 bits per heavy atom. The molecular weight excluding hydrogens is 597 g/mol. The number of rotatable bonds is 9. The van der Waals surface area contributed by atoms with Gasteiger partial charge < -0.3 is 19.9 Å². The molecule has 1 atom stereocenters. The molecule has 5 rings (SSSR count). The van der Waals surface area contributed by atoms with E-state index in [9.17, 15) is 14.7 Å². The molecule has 0 saturated heterocycles. The van der Waals surface area contributed by atoms with Gasteiger partial charge >= 0.3 is 5.97 Å². The van der Waals surface area contributed by atoms with Crippen LogP contribution >= 0.6 is 34.8 Å². The van der Waals surface area contributed by atoms with Crippen molar-refractivity contribution in [3.63, 3.8) is 0 Å². The van der Waals surface area contributed by atoms with Crippen LogP contribution in [-0.2, 0) is 17.6 Å². The summed E-state index contributed by atoms with van der Waals surface area (Å²) < 4.78 is 11.6. The summed E-state index contributed by atoms with van der Waals surface area (Å²) in [5.74, 6) is -0.518. The number of halogens is 3. The van der Waals surface area contributed by atoms with E-state index in [-0.39, 0.29) is 10.9 Å². The second-order valence-electron chi connectivity index (χ2n) is 10.2. The molecule has 1 aliphatic heterocycles. The summed E-state index contributed by atoms with van der Waals surface area (Å²) in [6.45, 7) is 2.82. The lowest BCUT2D eigenvalue weighted by molar-refractivity contribution is -0.139. The zero-order valence-corrected chi connectivity index (χ0v) is 25.0. The van der Waals surface area contributed by atoms with Crippen molar-refractivity contribution in [1.82, 2.24) is 5.32 Å². The molecule has 216 valence electrons. The van der Waals surface area contributed by atoms with E-state index >= 15 is 0 Å². The molecule has 2 N–H and O–H groups in total. The average molecular weight is 625 g/mol. The summed E-state index contributed by atoms with van der Waals surface area (Å²) in [5.41, 5.74) is 5.56. The van der Waals surface area contributed by atoms with E-state index in [1.54, 1.807) is 42.5 Å². The summed E-state index contributed by atoms with van der Waals surface area (Å²) in [7, 11) is 0. The topological polar surface area (TPSA) is 84.9 Å². The minimum Gasteiger partial charge on any atom is -0.493 e. The van der Waals surface area contributed by atoms with Crippen molar-refractivity contribution in [2.24, 2.45) is 0 Å². The number of carboxylic acid groups (broad SMARTS) is 1. The number of ether oxygens (including phenoxy) is 2. The number of amides is 1. The predicted molar refractivity (Wildman–Crippen MR) is 165 cm³/mol. The van der Waals surface area contributed by atoms with Crippen LogP contribution in [0.2, 0.25) is 15.1 Å². The smallest absolute Gasteiger partial charge is 0.311 e. The van der Waals surface area contributed by atoms with Gasteiger partial charge in [-0.3, -0.25) is 9.59 Å². The Kier molecular flexibility index (Phi) is 9.27. The Balaban J connectivity index is 1.20. The van der Waals surface area contributed by atoms with Gasteiger partial charge in [-0.2, -0.15) is 0 Å². The molecule has 6 nitrogen and oxygen atoms in total. The first kappa shape index (κ1) is 29.8. The van der Waals surface area contributed by atoms with Gasteiger partial charge in [-0.1, -0.05) is 64.6 Å². The normalized spacial score (nSPS) is 14.0. The number of carbonyl (C=O) groups excluding carboxylic acids is 1. The maximum absolute atomic E-state index is 12.9.